The van der Waals surface area contributed by atoms with Crippen molar-refractivity contribution in [2.75, 3.05) is 0 Å². The van der Waals surface area contributed by atoms with Gasteiger partial charge in [-0.1, -0.05) is 137 Å². The minimum atomic E-state index is 0. The van der Waals surface area contributed by atoms with Gasteiger partial charge in [0, 0.05) is 120 Å². The molecule has 0 amide bonds. The second kappa shape index (κ2) is 18.4. The van der Waals surface area contributed by atoms with Crippen LogP contribution in [-0.2, 0) is 38.1 Å². The zero-order valence-corrected chi connectivity index (χ0v) is 47.0. The molecule has 22 rings (SSSR count). The molecule has 85 heavy (non-hydrogen) atoms. The van der Waals surface area contributed by atoms with Gasteiger partial charge in [-0.2, -0.15) is 9.50 Å². The van der Waals surface area contributed by atoms with Crippen molar-refractivity contribution in [3.05, 3.63) is 280 Å². The molecule has 13 aliphatic heterocycles. The van der Waals surface area contributed by atoms with E-state index in [1.165, 1.54) is 99.9 Å². The van der Waals surface area contributed by atoms with E-state index in [4.69, 9.17) is 4.99 Å². The van der Waals surface area contributed by atoms with Gasteiger partial charge in [-0.05, 0) is 87.3 Å². The van der Waals surface area contributed by atoms with Crippen molar-refractivity contribution in [2.24, 2.45) is 10.1 Å². The number of pyridine rings is 2. The van der Waals surface area contributed by atoms with Gasteiger partial charge in [0.2, 0.25) is 0 Å². The number of fused-ring (bicyclic) bond motifs is 3. The third kappa shape index (κ3) is 7.35. The van der Waals surface area contributed by atoms with Crippen LogP contribution in [0.1, 0.15) is 131 Å². The summed E-state index contributed by atoms with van der Waals surface area (Å²) in [4.78, 5) is 25.4. The predicted octanol–water partition coefficient (Wildman–Crippen LogP) is 13.9. The molecule has 0 saturated carbocycles. The average molecular weight is 1110 g/mol. The van der Waals surface area contributed by atoms with Gasteiger partial charge in [0.15, 0.2) is 11.0 Å². The maximum absolute atomic E-state index is 4.91. The van der Waals surface area contributed by atoms with Crippen molar-refractivity contribution in [3.8, 4) is 0 Å². The normalized spacial score (nSPS) is 20.8. The van der Waals surface area contributed by atoms with Crippen LogP contribution in [0.25, 0.3) is 45.7 Å². The summed E-state index contributed by atoms with van der Waals surface area (Å²) in [5.74, 6) is 1.04. The summed E-state index contributed by atoms with van der Waals surface area (Å²) in [7, 11) is 0. The van der Waals surface area contributed by atoms with Crippen molar-refractivity contribution in [3.63, 3.8) is 0 Å². The van der Waals surface area contributed by atoms with Crippen LogP contribution in [0.4, 0.5) is 5.69 Å². The molecule has 0 N–H and O–H groups in total. The number of hydrogen-bond acceptors (Lipinski definition) is 11. The van der Waals surface area contributed by atoms with Crippen LogP contribution in [-0.4, -0.2) is 60.9 Å². The summed E-state index contributed by atoms with van der Waals surface area (Å²) in [5.41, 5.74) is 24.5. The highest BCUT2D eigenvalue weighted by Gasteiger charge is 2.44. The Bertz CT molecular complexity index is 4360. The van der Waals surface area contributed by atoms with Gasteiger partial charge in [-0.3, -0.25) is 9.99 Å². The number of hydrazone groups is 1. The molecular formula is C72H64N13+. The summed E-state index contributed by atoms with van der Waals surface area (Å²) in [6, 6.07) is 50.0. The van der Waals surface area contributed by atoms with E-state index in [1.54, 1.807) is 0 Å². The number of para-hydroxylation sites is 2. The van der Waals surface area contributed by atoms with Gasteiger partial charge in [0.1, 0.15) is 49.1 Å². The SMILES string of the molecule is C.C1=CN2C(c3ccccc3)=Nc3cccc4c3C2N1C4.C1=CN2C=CN3Cc4cccc1c4C23.C1=CN2C=CN3Cc4ccnc1c4C23.C1=CN2C=NN3Cc4cccc1c4C23.CC(C)(C)c1cc2cccc3c2c2n1c1ccccc1[n+]2C3. The standard InChI is InChI=1S/C20H19N2.C17H13N3.C12H10N2.2C11H9N3.CH4/c1-20(2,3)17-11-13-7-6-8-14-12-21-15-9-4-5-10-16(15)22(17)19(21)18(13)14;1-2-5-12(6-3-1)16-18-14-8-4-7-13-11-19-9-10-20(16)17(19)15(13)14;1-2-9-4-5-13-6-7-14-8-10(3-1)11(9)12(13)14;1-3-12-9-2-4-13-5-6-14-7-8(1)10(9)11(13)14;1-2-8-4-5-13-7-12-14-6-9(3-1)10(8)11(13)14;/h4-11H,12H2,1-3H3;1-10,17H,11H2;1-7,12H,8H2;1-6,11H,7H2;1-5,7,11H,6H2;1H4/q+1;;;;;. The first-order chi connectivity index (χ1) is 41.3. The number of rotatable bonds is 1. The Hall–Kier alpha value is -10.1. The smallest absolute Gasteiger partial charge is 0.296 e. The average Bonchev–Trinajstić information content (AvgIpc) is 1.83. The van der Waals surface area contributed by atoms with Crippen molar-refractivity contribution in [1.82, 2.24) is 48.7 Å². The molecule has 4 atom stereocenters. The number of nitrogens with zero attached hydrogens (tertiary/aromatic N) is 13. The first-order valence-corrected chi connectivity index (χ1v) is 29.4. The van der Waals surface area contributed by atoms with E-state index < -0.39 is 0 Å². The Morgan fingerprint density at radius 1 is 0.518 bits per heavy atom. The van der Waals surface area contributed by atoms with Crippen molar-refractivity contribution in [2.45, 2.75) is 91.0 Å². The molecule has 0 saturated heterocycles. The van der Waals surface area contributed by atoms with Gasteiger partial charge in [0.25, 0.3) is 5.65 Å². The molecule has 4 unspecified atom stereocenters. The van der Waals surface area contributed by atoms with Crippen LogP contribution in [0.15, 0.2) is 212 Å². The van der Waals surface area contributed by atoms with E-state index in [-0.39, 0.29) is 12.8 Å². The number of aromatic nitrogens is 3. The third-order valence-corrected chi connectivity index (χ3v) is 18.8. The predicted molar refractivity (Wildman–Crippen MR) is 337 cm³/mol. The molecule has 0 aliphatic carbocycles. The van der Waals surface area contributed by atoms with E-state index in [1.807, 2.05) is 18.6 Å². The Balaban J connectivity index is 0.0000000842. The molecule has 0 radical (unpaired) electrons. The molecular weight excluding hydrogens is 1050 g/mol. The molecule has 16 heterocycles. The first kappa shape index (κ1) is 49.5. The van der Waals surface area contributed by atoms with E-state index >= 15 is 0 Å². The molecule has 0 bridgehead atoms. The van der Waals surface area contributed by atoms with E-state index in [0.717, 1.165) is 49.9 Å². The topological polar surface area (TPSA) is 71.8 Å². The molecule has 6 aromatic carbocycles. The zero-order chi connectivity index (χ0) is 55.5. The fourth-order valence-corrected chi connectivity index (χ4v) is 15.1. The summed E-state index contributed by atoms with van der Waals surface area (Å²) in [6.07, 6.45) is 31.1. The van der Waals surface area contributed by atoms with Crippen molar-refractivity contribution in [1.29, 1.82) is 0 Å². The number of imidazole rings is 1. The Labute approximate surface area is 495 Å². The van der Waals surface area contributed by atoms with Crippen LogP contribution in [0, 0.1) is 0 Å². The Morgan fingerprint density at radius 3 is 1.92 bits per heavy atom. The lowest BCUT2D eigenvalue weighted by molar-refractivity contribution is -0.631. The van der Waals surface area contributed by atoms with Gasteiger partial charge < -0.3 is 34.3 Å². The largest absolute Gasteiger partial charge is 0.348 e. The maximum Gasteiger partial charge on any atom is 0.296 e. The van der Waals surface area contributed by atoms with E-state index in [2.05, 4.69) is 287 Å². The number of hydrogen-bond donors (Lipinski definition) is 0. The highest BCUT2D eigenvalue weighted by Crippen LogP contribution is 2.50. The van der Waals surface area contributed by atoms with E-state index in [9.17, 15) is 0 Å². The van der Waals surface area contributed by atoms with Crippen LogP contribution >= 0.6 is 0 Å². The lowest BCUT2D eigenvalue weighted by atomic mass is 9.90. The molecule has 9 aromatic rings. The minimum Gasteiger partial charge on any atom is -0.348 e. The second-order valence-corrected chi connectivity index (χ2v) is 24.6. The molecule has 13 aliphatic rings. The third-order valence-electron chi connectivity index (χ3n) is 18.8. The van der Waals surface area contributed by atoms with Crippen LogP contribution in [0.2, 0.25) is 0 Å². The fourth-order valence-electron chi connectivity index (χ4n) is 15.1. The summed E-state index contributed by atoms with van der Waals surface area (Å²) in [6.45, 7) is 11.9. The lowest BCUT2D eigenvalue weighted by Crippen LogP contribution is -2.33. The number of benzene rings is 6. The molecule has 3 aromatic heterocycles. The lowest BCUT2D eigenvalue weighted by Gasteiger charge is -2.32. The molecule has 0 fully saturated rings. The van der Waals surface area contributed by atoms with Gasteiger partial charge >= 0.3 is 0 Å². The van der Waals surface area contributed by atoms with Crippen LogP contribution in [0.3, 0.4) is 0 Å². The number of aliphatic imine (C=N–C) groups is 1. The van der Waals surface area contributed by atoms with E-state index in [0.29, 0.717) is 24.7 Å². The summed E-state index contributed by atoms with van der Waals surface area (Å²) < 4.78 is 4.95. The molecule has 13 heteroatoms. The summed E-state index contributed by atoms with van der Waals surface area (Å²) in [5, 5.41) is 9.31. The van der Waals surface area contributed by atoms with Gasteiger partial charge in [0.05, 0.1) is 23.3 Å². The Morgan fingerprint density at radius 2 is 1.14 bits per heavy atom. The minimum absolute atomic E-state index is 0. The summed E-state index contributed by atoms with van der Waals surface area (Å²) >= 11 is 0. The highest BCUT2D eigenvalue weighted by atomic mass is 15.6. The Kier molecular flexibility index (Phi) is 10.7. The highest BCUT2D eigenvalue weighted by molar-refractivity contribution is 6.03. The van der Waals surface area contributed by atoms with Gasteiger partial charge in [-0.15, -0.1) is 0 Å². The fraction of sp³-hybridized carbons (Fsp3) is 0.194. The second-order valence-electron chi connectivity index (χ2n) is 24.6. The maximum atomic E-state index is 4.91. The molecule has 416 valence electrons. The molecule has 0 spiro atoms. The van der Waals surface area contributed by atoms with Crippen molar-refractivity contribution >= 4 is 63.5 Å². The van der Waals surface area contributed by atoms with Crippen LogP contribution in [0.5, 0.6) is 0 Å². The monoisotopic (exact) mass is 1110 g/mol. The van der Waals surface area contributed by atoms with Crippen LogP contribution < -0.4 is 4.57 Å². The quantitative estimate of drug-likeness (QED) is 0.149. The van der Waals surface area contributed by atoms with Crippen molar-refractivity contribution < 1.29 is 4.57 Å². The van der Waals surface area contributed by atoms with Gasteiger partial charge in [-0.25, -0.2) is 9.56 Å². The number of amidine groups is 1. The zero-order valence-electron chi connectivity index (χ0n) is 47.0. The molecule has 13 nitrogen and oxygen atoms in total. The first-order valence-electron chi connectivity index (χ1n) is 29.4.